The molecule has 156 valence electrons. The van der Waals surface area contributed by atoms with E-state index in [2.05, 4.69) is 56.8 Å². The Morgan fingerprint density at radius 3 is 2.43 bits per heavy atom. The van der Waals surface area contributed by atoms with Gasteiger partial charge in [-0.3, -0.25) is 10.0 Å². The van der Waals surface area contributed by atoms with E-state index in [1.807, 2.05) is 10.7 Å². The number of aromatic nitrogens is 2. The molecule has 5 rings (SSSR count). The van der Waals surface area contributed by atoms with Crippen molar-refractivity contribution in [1.29, 1.82) is 0 Å². The van der Waals surface area contributed by atoms with Crippen molar-refractivity contribution in [3.63, 3.8) is 0 Å². The molecule has 0 aliphatic carbocycles. The lowest BCUT2D eigenvalue weighted by Gasteiger charge is -2.49. The second kappa shape index (κ2) is 7.89. The van der Waals surface area contributed by atoms with Gasteiger partial charge in [0.05, 0.1) is 17.3 Å². The Bertz CT molecular complexity index is 1020. The molecule has 0 spiro atoms. The van der Waals surface area contributed by atoms with E-state index in [9.17, 15) is 9.90 Å². The quantitative estimate of drug-likeness (QED) is 0.818. The summed E-state index contributed by atoms with van der Waals surface area (Å²) in [4.78, 5) is 14.1. The number of carboxylic acid groups (broad SMARTS) is 1. The maximum absolute atomic E-state index is 11.6. The van der Waals surface area contributed by atoms with E-state index < -0.39 is 5.97 Å². The van der Waals surface area contributed by atoms with E-state index in [0.29, 0.717) is 10.9 Å². The van der Waals surface area contributed by atoms with Crippen LogP contribution in [0.2, 0.25) is 0 Å². The Labute approximate surface area is 176 Å². The molecule has 0 fully saturated rings. The molecule has 3 aliphatic heterocycles. The summed E-state index contributed by atoms with van der Waals surface area (Å²) in [6.45, 7) is 1.07. The summed E-state index contributed by atoms with van der Waals surface area (Å²) in [7, 11) is 0. The van der Waals surface area contributed by atoms with Crippen molar-refractivity contribution in [3.05, 3.63) is 66.8 Å². The van der Waals surface area contributed by atoms with Gasteiger partial charge in [0.15, 0.2) is 0 Å². The Morgan fingerprint density at radius 2 is 1.70 bits per heavy atom. The number of carbonyl (C=O) groups is 1. The maximum atomic E-state index is 11.6. The number of rotatable bonds is 4. The van der Waals surface area contributed by atoms with Crippen LogP contribution in [-0.2, 0) is 0 Å². The molecule has 1 N–H and O–H groups in total. The number of hydrazine groups is 1. The lowest BCUT2D eigenvalue weighted by molar-refractivity contribution is -0.0910. The van der Waals surface area contributed by atoms with Crippen molar-refractivity contribution in [2.45, 2.75) is 50.9 Å². The molecular weight excluding hydrogens is 378 g/mol. The summed E-state index contributed by atoms with van der Waals surface area (Å²) < 4.78 is 1.98. The zero-order valence-corrected chi connectivity index (χ0v) is 17.0. The molecule has 4 heterocycles. The van der Waals surface area contributed by atoms with E-state index in [0.717, 1.165) is 44.2 Å². The Morgan fingerprint density at radius 1 is 0.967 bits per heavy atom. The van der Waals surface area contributed by atoms with E-state index >= 15 is 0 Å². The smallest absolute Gasteiger partial charge is 0.336 e. The van der Waals surface area contributed by atoms with Crippen LogP contribution < -0.4 is 0 Å². The van der Waals surface area contributed by atoms with Gasteiger partial charge in [-0.05, 0) is 56.9 Å². The number of allylic oxidation sites excluding steroid dienone is 3. The Balaban J connectivity index is 1.52. The van der Waals surface area contributed by atoms with Gasteiger partial charge in [0, 0.05) is 24.3 Å². The summed E-state index contributed by atoms with van der Waals surface area (Å²) in [5.41, 5.74) is 1.15. The first kappa shape index (κ1) is 18.8. The first-order valence-electron chi connectivity index (χ1n) is 10.8. The lowest BCUT2D eigenvalue weighted by atomic mass is 10.1. The molecule has 1 aromatic carbocycles. The topological polar surface area (TPSA) is 64.8 Å². The highest BCUT2D eigenvalue weighted by atomic mass is 16.4. The van der Waals surface area contributed by atoms with Gasteiger partial charge in [0.2, 0.25) is 0 Å². The molecular formula is C23H27N5O2. The third-order valence-corrected chi connectivity index (χ3v) is 6.20. The molecule has 2 atom stereocenters. The minimum atomic E-state index is -0.920. The summed E-state index contributed by atoms with van der Waals surface area (Å²) in [6, 6.07) is 5.40. The monoisotopic (exact) mass is 405 g/mol. The first-order valence-corrected chi connectivity index (χ1v) is 10.8. The minimum absolute atomic E-state index is 0.00411. The number of hydrogen-bond donors (Lipinski definition) is 1. The molecule has 0 saturated carbocycles. The molecule has 0 bridgehead atoms. The van der Waals surface area contributed by atoms with Gasteiger partial charge < -0.3 is 10.0 Å². The Kier molecular flexibility index (Phi) is 4.94. The molecule has 2 aromatic rings. The molecule has 0 amide bonds. The minimum Gasteiger partial charge on any atom is -0.478 e. The predicted octanol–water partition coefficient (Wildman–Crippen LogP) is 4.30. The molecule has 0 saturated heterocycles. The van der Waals surface area contributed by atoms with Gasteiger partial charge in [-0.2, -0.15) is 5.10 Å². The third-order valence-electron chi connectivity index (χ3n) is 6.20. The largest absolute Gasteiger partial charge is 0.478 e. The summed E-state index contributed by atoms with van der Waals surface area (Å²) in [6.07, 6.45) is 21.6. The van der Waals surface area contributed by atoms with Crippen molar-refractivity contribution in [2.75, 3.05) is 6.54 Å². The van der Waals surface area contributed by atoms with Gasteiger partial charge in [0.1, 0.15) is 12.3 Å². The predicted molar refractivity (Wildman–Crippen MR) is 115 cm³/mol. The number of benzene rings is 1. The molecule has 7 nitrogen and oxygen atoms in total. The van der Waals surface area contributed by atoms with E-state index in [-0.39, 0.29) is 12.3 Å². The van der Waals surface area contributed by atoms with E-state index in [1.54, 1.807) is 18.3 Å². The fraction of sp³-hybridized carbons (Fsp3) is 0.391. The molecule has 1 aromatic heterocycles. The molecule has 2 unspecified atom stereocenters. The highest BCUT2D eigenvalue weighted by Crippen LogP contribution is 2.34. The number of nitrogens with zero attached hydrogens (tertiary/aromatic N) is 5. The highest BCUT2D eigenvalue weighted by Gasteiger charge is 2.33. The maximum Gasteiger partial charge on any atom is 0.336 e. The normalized spacial score (nSPS) is 24.1. The zero-order chi connectivity index (χ0) is 20.5. The van der Waals surface area contributed by atoms with Crippen LogP contribution >= 0.6 is 0 Å². The molecule has 7 heteroatoms. The van der Waals surface area contributed by atoms with Crippen molar-refractivity contribution < 1.29 is 9.90 Å². The summed E-state index contributed by atoms with van der Waals surface area (Å²) in [5.74, 6) is -0.920. The van der Waals surface area contributed by atoms with Crippen molar-refractivity contribution in [2.24, 2.45) is 0 Å². The number of hydrogen-bond acceptors (Lipinski definition) is 5. The van der Waals surface area contributed by atoms with Crippen LogP contribution in [0, 0.1) is 0 Å². The van der Waals surface area contributed by atoms with Crippen LogP contribution in [0.15, 0.2) is 61.2 Å². The third kappa shape index (κ3) is 3.24. The van der Waals surface area contributed by atoms with Gasteiger partial charge in [0.25, 0.3) is 0 Å². The fourth-order valence-electron chi connectivity index (χ4n) is 4.75. The summed E-state index contributed by atoms with van der Waals surface area (Å²) >= 11 is 0. The second-order valence-corrected chi connectivity index (χ2v) is 8.04. The number of carboxylic acids is 1. The van der Waals surface area contributed by atoms with E-state index in [4.69, 9.17) is 0 Å². The van der Waals surface area contributed by atoms with Crippen LogP contribution in [0.5, 0.6) is 0 Å². The first-order chi connectivity index (χ1) is 14.7. The van der Waals surface area contributed by atoms with Crippen LogP contribution in [0.4, 0.5) is 0 Å². The molecule has 0 radical (unpaired) electrons. The number of aromatic carboxylic acids is 1. The van der Waals surface area contributed by atoms with Gasteiger partial charge in [-0.1, -0.05) is 24.3 Å². The standard InChI is InChI=1S/C23H27N5O2/c29-23(30)18-9-8-10-20-19(18)17-24-28(20)22-12-3-7-16-27(22)26-15-6-2-11-21(26)25-13-4-1-5-14-25/h4,6-10,13,15-17,21-22H,1-3,5,11-12,14H2,(H,29,30). The van der Waals surface area contributed by atoms with Crippen LogP contribution in [0.3, 0.4) is 0 Å². The van der Waals surface area contributed by atoms with E-state index in [1.165, 1.54) is 6.42 Å². The highest BCUT2D eigenvalue weighted by molar-refractivity contribution is 6.02. The lowest BCUT2D eigenvalue weighted by Crippen LogP contribution is -2.54. The molecule has 30 heavy (non-hydrogen) atoms. The van der Waals surface area contributed by atoms with Gasteiger partial charge >= 0.3 is 5.97 Å². The van der Waals surface area contributed by atoms with Gasteiger partial charge in [-0.25, -0.2) is 9.48 Å². The van der Waals surface area contributed by atoms with Crippen molar-refractivity contribution >= 4 is 16.9 Å². The Hall–Kier alpha value is -3.22. The SMILES string of the molecule is O=C(O)c1cccc2c1cnn2C1CCC=CN1N1C=CCCC1N1C=CCCC1. The van der Waals surface area contributed by atoms with Crippen LogP contribution in [-0.4, -0.2) is 48.5 Å². The molecule has 3 aliphatic rings. The zero-order valence-electron chi connectivity index (χ0n) is 17.0. The average molecular weight is 406 g/mol. The van der Waals surface area contributed by atoms with Crippen molar-refractivity contribution in [3.8, 4) is 0 Å². The number of fused-ring (bicyclic) bond motifs is 1. The van der Waals surface area contributed by atoms with Gasteiger partial charge in [-0.15, -0.1) is 0 Å². The second-order valence-electron chi connectivity index (χ2n) is 8.04. The van der Waals surface area contributed by atoms with Crippen LogP contribution in [0.25, 0.3) is 10.9 Å². The summed E-state index contributed by atoms with van der Waals surface area (Å²) in [5, 5.41) is 19.5. The average Bonchev–Trinajstić information content (AvgIpc) is 3.23. The van der Waals surface area contributed by atoms with Crippen molar-refractivity contribution in [1.82, 2.24) is 24.7 Å². The fourth-order valence-corrected chi connectivity index (χ4v) is 4.75. The van der Waals surface area contributed by atoms with Crippen LogP contribution in [0.1, 0.15) is 55.0 Å².